The van der Waals surface area contributed by atoms with Crippen LogP contribution in [0.15, 0.2) is 24.3 Å². The molecule has 3 heteroatoms. The zero-order chi connectivity index (χ0) is 16.3. The first-order chi connectivity index (χ1) is 10.0. The Kier molecular flexibility index (Phi) is 10.2. The lowest BCUT2D eigenvalue weighted by Gasteiger charge is -2.17. The molecule has 0 aromatic heterocycles. The highest BCUT2D eigenvalue weighted by molar-refractivity contribution is 5.96. The van der Waals surface area contributed by atoms with E-state index in [-0.39, 0.29) is 11.5 Å². The Morgan fingerprint density at radius 3 is 1.86 bits per heavy atom. The van der Waals surface area contributed by atoms with Crippen molar-refractivity contribution in [3.8, 4) is 5.75 Å². The number of carbonyl (C=O) groups is 2. The molecule has 1 N–H and O–H groups in total. The van der Waals surface area contributed by atoms with Crippen molar-refractivity contribution >= 4 is 11.6 Å². The molecule has 0 spiro atoms. The topological polar surface area (TPSA) is 54.4 Å². The molecule has 3 nitrogen and oxygen atoms in total. The van der Waals surface area contributed by atoms with Gasteiger partial charge in [0.25, 0.3) is 0 Å². The first kappa shape index (κ1) is 19.4. The van der Waals surface area contributed by atoms with Gasteiger partial charge < -0.3 is 5.11 Å². The van der Waals surface area contributed by atoms with Crippen LogP contribution in [-0.4, -0.2) is 16.7 Å². The Morgan fingerprint density at radius 1 is 1.00 bits per heavy atom. The van der Waals surface area contributed by atoms with Crippen molar-refractivity contribution in [1.29, 1.82) is 0 Å². The summed E-state index contributed by atoms with van der Waals surface area (Å²) in [6, 6.07) is 6.49. The van der Waals surface area contributed by atoms with E-state index in [1.165, 1.54) is 32.3 Å². The molecule has 118 valence electrons. The van der Waals surface area contributed by atoms with Gasteiger partial charge >= 0.3 is 0 Å². The van der Waals surface area contributed by atoms with E-state index in [9.17, 15) is 9.59 Å². The van der Waals surface area contributed by atoms with Crippen molar-refractivity contribution in [1.82, 2.24) is 0 Å². The zero-order valence-corrected chi connectivity index (χ0v) is 13.7. The fraction of sp³-hybridized carbons (Fsp3) is 0.556. The van der Waals surface area contributed by atoms with Gasteiger partial charge in [0.2, 0.25) is 0 Å². The highest BCUT2D eigenvalue weighted by atomic mass is 16.3. The SMILES string of the molecule is CC.CC(=O)C1CCCCC1.CC(=O)c1ccccc1O. The predicted octanol–water partition coefficient (Wildman–Crippen LogP) is 4.78. The minimum absolute atomic E-state index is 0.0509. The molecule has 0 amide bonds. The van der Waals surface area contributed by atoms with Gasteiger partial charge in [-0.15, -0.1) is 0 Å². The summed E-state index contributed by atoms with van der Waals surface area (Å²) in [5.41, 5.74) is 0.377. The smallest absolute Gasteiger partial charge is 0.163 e. The summed E-state index contributed by atoms with van der Waals surface area (Å²) < 4.78 is 0. The number of aromatic hydroxyl groups is 1. The van der Waals surface area contributed by atoms with Crippen molar-refractivity contribution in [2.45, 2.75) is 59.8 Å². The molecule has 1 aliphatic carbocycles. The van der Waals surface area contributed by atoms with Crippen molar-refractivity contribution in [2.24, 2.45) is 5.92 Å². The molecule has 0 atom stereocenters. The van der Waals surface area contributed by atoms with E-state index in [0.29, 0.717) is 17.3 Å². The third-order valence-electron chi connectivity index (χ3n) is 3.46. The van der Waals surface area contributed by atoms with E-state index in [2.05, 4.69) is 0 Å². The zero-order valence-electron chi connectivity index (χ0n) is 13.7. The molecule has 0 bridgehead atoms. The summed E-state index contributed by atoms with van der Waals surface area (Å²) in [6.45, 7) is 7.14. The lowest BCUT2D eigenvalue weighted by Crippen LogP contribution is -2.13. The van der Waals surface area contributed by atoms with E-state index in [0.717, 1.165) is 12.8 Å². The first-order valence-corrected chi connectivity index (χ1v) is 7.81. The highest BCUT2D eigenvalue weighted by Gasteiger charge is 2.16. The number of hydrogen-bond acceptors (Lipinski definition) is 3. The molecule has 0 unspecified atom stereocenters. The average molecular weight is 292 g/mol. The summed E-state index contributed by atoms with van der Waals surface area (Å²) in [4.78, 5) is 21.5. The number of phenols is 1. The van der Waals surface area contributed by atoms with Crippen LogP contribution >= 0.6 is 0 Å². The maximum atomic E-state index is 10.8. The van der Waals surface area contributed by atoms with Gasteiger partial charge in [0.15, 0.2) is 5.78 Å². The quantitative estimate of drug-likeness (QED) is 0.798. The minimum atomic E-state index is -0.113. The van der Waals surface area contributed by atoms with Crippen LogP contribution in [0.3, 0.4) is 0 Å². The number of ketones is 2. The third kappa shape index (κ3) is 7.64. The second-order valence-electron chi connectivity index (χ2n) is 5.02. The molecule has 1 aliphatic rings. The highest BCUT2D eigenvalue weighted by Crippen LogP contribution is 2.23. The second kappa shape index (κ2) is 11.1. The average Bonchev–Trinajstić information content (AvgIpc) is 2.51. The Hall–Kier alpha value is -1.64. The molecule has 0 radical (unpaired) electrons. The standard InChI is InChI=1S/C8H8O2.C8H14O.C2H6/c1-6(9)7-4-2-3-5-8(7)10;1-7(9)8-5-3-2-4-6-8;1-2/h2-5,10H,1H3;8H,2-6H2,1H3;1-2H3. The van der Waals surface area contributed by atoms with E-state index < -0.39 is 0 Å². The molecule has 0 saturated heterocycles. The van der Waals surface area contributed by atoms with Gasteiger partial charge in [-0.2, -0.15) is 0 Å². The number of benzene rings is 1. The monoisotopic (exact) mass is 292 g/mol. The van der Waals surface area contributed by atoms with Crippen LogP contribution in [0.25, 0.3) is 0 Å². The molecule has 1 aromatic carbocycles. The molecule has 1 fully saturated rings. The van der Waals surface area contributed by atoms with Crippen LogP contribution in [0.2, 0.25) is 0 Å². The maximum absolute atomic E-state index is 10.8. The fourth-order valence-electron chi connectivity index (χ4n) is 2.28. The number of rotatable bonds is 2. The minimum Gasteiger partial charge on any atom is -0.507 e. The lowest BCUT2D eigenvalue weighted by molar-refractivity contribution is -0.121. The fourth-order valence-corrected chi connectivity index (χ4v) is 2.28. The molecule has 1 aromatic rings. The molecule has 0 aliphatic heterocycles. The molecule has 21 heavy (non-hydrogen) atoms. The number of para-hydroxylation sites is 1. The summed E-state index contributed by atoms with van der Waals surface area (Å²) >= 11 is 0. The second-order valence-corrected chi connectivity index (χ2v) is 5.02. The first-order valence-electron chi connectivity index (χ1n) is 7.81. The van der Waals surface area contributed by atoms with Crippen LogP contribution < -0.4 is 0 Å². The van der Waals surface area contributed by atoms with E-state index >= 15 is 0 Å². The number of carbonyl (C=O) groups excluding carboxylic acids is 2. The van der Waals surface area contributed by atoms with Gasteiger partial charge in [0.1, 0.15) is 11.5 Å². The van der Waals surface area contributed by atoms with E-state index in [1.54, 1.807) is 25.1 Å². The Labute approximate surface area is 128 Å². The largest absolute Gasteiger partial charge is 0.507 e. The summed E-state index contributed by atoms with van der Waals surface area (Å²) in [5, 5.41) is 9.06. The molecule has 0 heterocycles. The summed E-state index contributed by atoms with van der Waals surface area (Å²) in [5.74, 6) is 0.751. The molecule has 1 saturated carbocycles. The number of Topliss-reactive ketones (excluding diaryl/α,β-unsaturated/α-hetero) is 2. The van der Waals surface area contributed by atoms with Crippen LogP contribution in [0, 0.1) is 5.92 Å². The van der Waals surface area contributed by atoms with Crippen molar-refractivity contribution in [2.75, 3.05) is 0 Å². The van der Waals surface area contributed by atoms with Gasteiger partial charge in [0.05, 0.1) is 5.56 Å². The van der Waals surface area contributed by atoms with Gasteiger partial charge in [-0.05, 0) is 38.8 Å². The third-order valence-corrected chi connectivity index (χ3v) is 3.46. The van der Waals surface area contributed by atoms with E-state index in [1.807, 2.05) is 13.8 Å². The summed E-state index contributed by atoms with van der Waals surface area (Å²) in [7, 11) is 0. The predicted molar refractivity (Wildman–Crippen MR) is 86.7 cm³/mol. The van der Waals surface area contributed by atoms with Crippen LogP contribution in [-0.2, 0) is 4.79 Å². The maximum Gasteiger partial charge on any atom is 0.163 e. The van der Waals surface area contributed by atoms with Crippen molar-refractivity contribution in [3.05, 3.63) is 29.8 Å². The van der Waals surface area contributed by atoms with E-state index in [4.69, 9.17) is 5.11 Å². The Balaban J connectivity index is 0.000000342. The van der Waals surface area contributed by atoms with Gasteiger partial charge in [-0.25, -0.2) is 0 Å². The number of phenolic OH excluding ortho intramolecular Hbond substituents is 1. The molecular formula is C18H28O3. The molecule has 2 rings (SSSR count). The van der Waals surface area contributed by atoms with Crippen LogP contribution in [0.1, 0.15) is 70.2 Å². The normalized spacial score (nSPS) is 14.1. The van der Waals surface area contributed by atoms with Crippen LogP contribution in [0.4, 0.5) is 0 Å². The van der Waals surface area contributed by atoms with Gasteiger partial charge in [-0.1, -0.05) is 45.2 Å². The van der Waals surface area contributed by atoms with Gasteiger partial charge in [0, 0.05) is 5.92 Å². The van der Waals surface area contributed by atoms with Crippen molar-refractivity contribution < 1.29 is 14.7 Å². The molecular weight excluding hydrogens is 264 g/mol. The Bertz CT molecular complexity index is 432. The lowest BCUT2D eigenvalue weighted by atomic mass is 9.87. The van der Waals surface area contributed by atoms with Gasteiger partial charge in [-0.3, -0.25) is 9.59 Å². The Morgan fingerprint density at radius 2 is 1.52 bits per heavy atom. The summed E-state index contributed by atoms with van der Waals surface area (Å²) in [6.07, 6.45) is 6.17. The number of hydrogen-bond donors (Lipinski definition) is 1. The van der Waals surface area contributed by atoms with Crippen LogP contribution in [0.5, 0.6) is 5.75 Å². The van der Waals surface area contributed by atoms with Crippen molar-refractivity contribution in [3.63, 3.8) is 0 Å².